The summed E-state index contributed by atoms with van der Waals surface area (Å²) in [6.45, 7) is 0.430. The lowest BCUT2D eigenvalue weighted by atomic mass is 10.0. The lowest BCUT2D eigenvalue weighted by Crippen LogP contribution is -2.11. The first kappa shape index (κ1) is 10.3. The molecular weight excluding hydrogens is 194 g/mol. The standard InChI is InChI=1S/C11H15NO3/c12-9(4-2-6-13)8-3-1-5-10-11(8)15-7-14-10/h1,3,5,9,13H,2,4,6-7,12H2/t9-/m1/s1. The molecule has 15 heavy (non-hydrogen) atoms. The molecule has 2 rings (SSSR count). The van der Waals surface area contributed by atoms with Crippen molar-refractivity contribution >= 4 is 0 Å². The Morgan fingerprint density at radius 3 is 3.07 bits per heavy atom. The average Bonchev–Trinajstić information content (AvgIpc) is 2.73. The third-order valence-electron chi connectivity index (χ3n) is 2.50. The quantitative estimate of drug-likeness (QED) is 0.781. The van der Waals surface area contributed by atoms with Crippen LogP contribution in [0.1, 0.15) is 24.4 Å². The number of para-hydroxylation sites is 1. The predicted molar refractivity (Wildman–Crippen MR) is 55.8 cm³/mol. The zero-order chi connectivity index (χ0) is 10.7. The molecule has 0 spiro atoms. The Morgan fingerprint density at radius 2 is 2.27 bits per heavy atom. The van der Waals surface area contributed by atoms with E-state index in [1.165, 1.54) is 0 Å². The zero-order valence-corrected chi connectivity index (χ0v) is 8.48. The monoisotopic (exact) mass is 209 g/mol. The van der Waals surface area contributed by atoms with Gasteiger partial charge in [-0.05, 0) is 18.9 Å². The number of hydrogen-bond donors (Lipinski definition) is 2. The van der Waals surface area contributed by atoms with Crippen LogP contribution in [-0.4, -0.2) is 18.5 Å². The van der Waals surface area contributed by atoms with E-state index in [0.29, 0.717) is 6.42 Å². The molecule has 1 aromatic carbocycles. The molecular formula is C11H15NO3. The van der Waals surface area contributed by atoms with Gasteiger partial charge in [0, 0.05) is 18.2 Å². The zero-order valence-electron chi connectivity index (χ0n) is 8.48. The Balaban J connectivity index is 2.17. The molecule has 1 aliphatic rings. The third-order valence-corrected chi connectivity index (χ3v) is 2.50. The molecule has 0 aliphatic carbocycles. The molecule has 1 aliphatic heterocycles. The van der Waals surface area contributed by atoms with Crippen LogP contribution < -0.4 is 15.2 Å². The summed E-state index contributed by atoms with van der Waals surface area (Å²) >= 11 is 0. The molecule has 0 saturated heterocycles. The summed E-state index contributed by atoms with van der Waals surface area (Å²) in [7, 11) is 0. The highest BCUT2D eigenvalue weighted by atomic mass is 16.7. The number of aliphatic hydroxyl groups excluding tert-OH is 1. The van der Waals surface area contributed by atoms with Crippen LogP contribution in [0.3, 0.4) is 0 Å². The first-order valence-corrected chi connectivity index (χ1v) is 5.08. The van der Waals surface area contributed by atoms with Crippen molar-refractivity contribution in [1.29, 1.82) is 0 Å². The van der Waals surface area contributed by atoms with Gasteiger partial charge in [-0.25, -0.2) is 0 Å². The summed E-state index contributed by atoms with van der Waals surface area (Å²) in [4.78, 5) is 0. The Bertz CT molecular complexity index is 341. The van der Waals surface area contributed by atoms with Gasteiger partial charge in [-0.1, -0.05) is 12.1 Å². The molecule has 3 N–H and O–H groups in total. The van der Waals surface area contributed by atoms with Crippen LogP contribution in [0, 0.1) is 0 Å². The SMILES string of the molecule is N[C@H](CCCO)c1cccc2c1OCO2. The van der Waals surface area contributed by atoms with Crippen molar-refractivity contribution < 1.29 is 14.6 Å². The van der Waals surface area contributed by atoms with E-state index in [0.717, 1.165) is 23.5 Å². The smallest absolute Gasteiger partial charge is 0.231 e. The maximum atomic E-state index is 8.74. The van der Waals surface area contributed by atoms with Crippen LogP contribution in [0.15, 0.2) is 18.2 Å². The fourth-order valence-electron chi connectivity index (χ4n) is 1.71. The molecule has 4 heteroatoms. The number of nitrogens with two attached hydrogens (primary N) is 1. The largest absolute Gasteiger partial charge is 0.454 e. The van der Waals surface area contributed by atoms with Gasteiger partial charge in [0.05, 0.1) is 0 Å². The van der Waals surface area contributed by atoms with E-state index in [-0.39, 0.29) is 19.4 Å². The number of ether oxygens (including phenoxy) is 2. The molecule has 1 atom stereocenters. The number of aliphatic hydroxyl groups is 1. The molecule has 0 bridgehead atoms. The molecule has 0 radical (unpaired) electrons. The van der Waals surface area contributed by atoms with E-state index in [2.05, 4.69) is 0 Å². The van der Waals surface area contributed by atoms with Gasteiger partial charge in [-0.15, -0.1) is 0 Å². The van der Waals surface area contributed by atoms with Crippen molar-refractivity contribution in [2.75, 3.05) is 13.4 Å². The number of hydrogen-bond acceptors (Lipinski definition) is 4. The summed E-state index contributed by atoms with van der Waals surface area (Å²) in [5.41, 5.74) is 6.96. The molecule has 0 fully saturated rings. The predicted octanol–water partition coefficient (Wildman–Crippen LogP) is 1.19. The minimum absolute atomic E-state index is 0.103. The van der Waals surface area contributed by atoms with E-state index in [1.54, 1.807) is 0 Å². The molecule has 0 aromatic heterocycles. The summed E-state index contributed by atoms with van der Waals surface area (Å²) < 4.78 is 10.6. The van der Waals surface area contributed by atoms with Crippen molar-refractivity contribution in [2.24, 2.45) is 5.73 Å². The minimum atomic E-state index is -0.103. The van der Waals surface area contributed by atoms with E-state index in [1.807, 2.05) is 18.2 Å². The lowest BCUT2D eigenvalue weighted by Gasteiger charge is -2.13. The minimum Gasteiger partial charge on any atom is -0.454 e. The van der Waals surface area contributed by atoms with Crippen molar-refractivity contribution in [2.45, 2.75) is 18.9 Å². The molecule has 1 heterocycles. The normalized spacial score (nSPS) is 15.3. The highest BCUT2D eigenvalue weighted by Gasteiger charge is 2.20. The fraction of sp³-hybridized carbons (Fsp3) is 0.455. The average molecular weight is 209 g/mol. The van der Waals surface area contributed by atoms with Gasteiger partial charge in [-0.3, -0.25) is 0 Å². The van der Waals surface area contributed by atoms with E-state index in [9.17, 15) is 0 Å². The van der Waals surface area contributed by atoms with Crippen LogP contribution >= 0.6 is 0 Å². The first-order valence-electron chi connectivity index (χ1n) is 5.08. The van der Waals surface area contributed by atoms with Gasteiger partial charge in [0.1, 0.15) is 0 Å². The van der Waals surface area contributed by atoms with Gasteiger partial charge in [0.15, 0.2) is 11.5 Å². The van der Waals surface area contributed by atoms with Crippen molar-refractivity contribution in [1.82, 2.24) is 0 Å². The molecule has 0 unspecified atom stereocenters. The molecule has 0 saturated carbocycles. The van der Waals surface area contributed by atoms with Crippen LogP contribution in [-0.2, 0) is 0 Å². The number of benzene rings is 1. The van der Waals surface area contributed by atoms with Crippen molar-refractivity contribution in [3.8, 4) is 11.5 Å². The van der Waals surface area contributed by atoms with Crippen LogP contribution in [0.4, 0.5) is 0 Å². The second-order valence-electron chi connectivity index (χ2n) is 3.55. The number of fused-ring (bicyclic) bond motifs is 1. The Labute approximate surface area is 88.6 Å². The van der Waals surface area contributed by atoms with Gasteiger partial charge in [0.2, 0.25) is 6.79 Å². The maximum Gasteiger partial charge on any atom is 0.231 e. The molecule has 0 amide bonds. The summed E-state index contributed by atoms with van der Waals surface area (Å²) in [5, 5.41) is 8.74. The first-order chi connectivity index (χ1) is 7.33. The summed E-state index contributed by atoms with van der Waals surface area (Å²) in [6.07, 6.45) is 1.45. The van der Waals surface area contributed by atoms with Crippen molar-refractivity contribution in [3.05, 3.63) is 23.8 Å². The maximum absolute atomic E-state index is 8.74. The second-order valence-corrected chi connectivity index (χ2v) is 3.55. The van der Waals surface area contributed by atoms with Gasteiger partial charge in [0.25, 0.3) is 0 Å². The Hall–Kier alpha value is -1.26. The Morgan fingerprint density at radius 1 is 1.40 bits per heavy atom. The Kier molecular flexibility index (Phi) is 3.08. The topological polar surface area (TPSA) is 64.7 Å². The lowest BCUT2D eigenvalue weighted by molar-refractivity contribution is 0.172. The van der Waals surface area contributed by atoms with Crippen LogP contribution in [0.2, 0.25) is 0 Å². The molecule has 4 nitrogen and oxygen atoms in total. The van der Waals surface area contributed by atoms with Gasteiger partial charge in [-0.2, -0.15) is 0 Å². The van der Waals surface area contributed by atoms with E-state index < -0.39 is 0 Å². The highest BCUT2D eigenvalue weighted by molar-refractivity contribution is 5.49. The van der Waals surface area contributed by atoms with E-state index in [4.69, 9.17) is 20.3 Å². The number of rotatable bonds is 4. The summed E-state index contributed by atoms with van der Waals surface area (Å²) in [5.74, 6) is 1.51. The molecule has 1 aromatic rings. The van der Waals surface area contributed by atoms with Gasteiger partial charge >= 0.3 is 0 Å². The summed E-state index contributed by atoms with van der Waals surface area (Å²) in [6, 6.07) is 5.61. The van der Waals surface area contributed by atoms with Crippen LogP contribution in [0.25, 0.3) is 0 Å². The highest BCUT2D eigenvalue weighted by Crippen LogP contribution is 2.38. The second kappa shape index (κ2) is 4.51. The van der Waals surface area contributed by atoms with Gasteiger partial charge < -0.3 is 20.3 Å². The third kappa shape index (κ3) is 2.06. The van der Waals surface area contributed by atoms with E-state index >= 15 is 0 Å². The van der Waals surface area contributed by atoms with Crippen molar-refractivity contribution in [3.63, 3.8) is 0 Å². The molecule has 82 valence electrons. The van der Waals surface area contributed by atoms with Crippen LogP contribution in [0.5, 0.6) is 11.5 Å². The fourth-order valence-corrected chi connectivity index (χ4v) is 1.71.